The Hall–Kier alpha value is -0.820. The van der Waals surface area contributed by atoms with Crippen LogP contribution in [0.1, 0.15) is 6.42 Å². The fourth-order valence-electron chi connectivity index (χ4n) is 0.736. The van der Waals surface area contributed by atoms with Crippen LogP contribution in [0.25, 0.3) is 0 Å². The Balaban J connectivity index is 4.11. The molecular weight excluding hydrogens is 189 g/mol. The number of hydrogen-bond acceptors (Lipinski definition) is 3. The van der Waals surface area contributed by atoms with Crippen LogP contribution in [0.3, 0.4) is 0 Å². The van der Waals surface area contributed by atoms with E-state index < -0.39 is 24.6 Å². The first-order valence-corrected chi connectivity index (χ1v) is 3.60. The zero-order valence-electron chi connectivity index (χ0n) is 6.77. The summed E-state index contributed by atoms with van der Waals surface area (Å²) >= 11 is 0. The van der Waals surface area contributed by atoms with Crippen LogP contribution >= 0.6 is 0 Å². The van der Waals surface area contributed by atoms with E-state index in [-0.39, 0.29) is 13.1 Å². The van der Waals surface area contributed by atoms with E-state index in [0.717, 1.165) is 0 Å². The van der Waals surface area contributed by atoms with E-state index in [9.17, 15) is 18.0 Å². The summed E-state index contributed by atoms with van der Waals surface area (Å²) in [7, 11) is 0. The topological polar surface area (TPSA) is 75.3 Å². The normalized spacial score (nSPS) is 14.2. The largest absolute Gasteiger partial charge is 0.481 e. The second-order valence-corrected chi connectivity index (χ2v) is 2.43. The van der Waals surface area contributed by atoms with E-state index in [1.165, 1.54) is 0 Å². The maximum absolute atomic E-state index is 12.0. The lowest BCUT2D eigenvalue weighted by molar-refractivity contribution is -0.167. The number of halogens is 3. The van der Waals surface area contributed by atoms with Gasteiger partial charge in [0.2, 0.25) is 0 Å². The molecule has 7 heteroatoms. The molecule has 0 aromatic rings. The Morgan fingerprint density at radius 1 is 1.54 bits per heavy atom. The lowest BCUT2D eigenvalue weighted by Gasteiger charge is -2.19. The van der Waals surface area contributed by atoms with E-state index >= 15 is 0 Å². The Labute approximate surface area is 72.9 Å². The molecule has 0 spiro atoms. The molecule has 0 aliphatic rings. The number of hydrogen-bond donors (Lipinski definition) is 3. The Kier molecular flexibility index (Phi) is 4.71. The number of carbonyl (C=O) groups is 1. The highest BCUT2D eigenvalue weighted by Crippen LogP contribution is 2.22. The van der Waals surface area contributed by atoms with Gasteiger partial charge in [-0.2, -0.15) is 13.2 Å². The van der Waals surface area contributed by atoms with Crippen molar-refractivity contribution < 1.29 is 23.1 Å². The van der Waals surface area contributed by atoms with Crippen molar-refractivity contribution >= 4 is 5.97 Å². The molecule has 1 atom stereocenters. The summed E-state index contributed by atoms with van der Waals surface area (Å²) in [6.45, 7) is -0.0242. The third kappa shape index (κ3) is 5.42. The Bertz CT molecular complexity index is 172. The lowest BCUT2D eigenvalue weighted by Crippen LogP contribution is -2.45. The average Bonchev–Trinajstić information content (AvgIpc) is 1.95. The number of carboxylic acid groups (broad SMARTS) is 1. The van der Waals surface area contributed by atoms with E-state index in [2.05, 4.69) is 0 Å². The second kappa shape index (κ2) is 5.03. The van der Waals surface area contributed by atoms with Gasteiger partial charge in [-0.1, -0.05) is 0 Å². The maximum atomic E-state index is 12.0. The summed E-state index contributed by atoms with van der Waals surface area (Å²) in [4.78, 5) is 10.0. The van der Waals surface area contributed by atoms with Crippen LogP contribution in [0.4, 0.5) is 13.2 Å². The summed E-state index contributed by atoms with van der Waals surface area (Å²) in [5.74, 6) is -1.49. The van der Waals surface area contributed by atoms with E-state index in [0.29, 0.717) is 0 Å². The van der Waals surface area contributed by atoms with Crippen molar-refractivity contribution in [3.8, 4) is 0 Å². The summed E-state index contributed by atoms with van der Waals surface area (Å²) in [6.07, 6.45) is -5.53. The molecule has 0 saturated heterocycles. The molecule has 4 nitrogen and oxygen atoms in total. The van der Waals surface area contributed by atoms with Crippen molar-refractivity contribution in [2.75, 3.05) is 13.1 Å². The van der Waals surface area contributed by atoms with Gasteiger partial charge in [0.1, 0.15) is 6.04 Å². The summed E-state index contributed by atoms with van der Waals surface area (Å²) in [6, 6.07) is -2.02. The fourth-order valence-corrected chi connectivity index (χ4v) is 0.736. The third-order valence-corrected chi connectivity index (χ3v) is 1.31. The smallest absolute Gasteiger partial charge is 0.404 e. The van der Waals surface area contributed by atoms with Gasteiger partial charge in [-0.05, 0) is 0 Å². The maximum Gasteiger partial charge on any atom is 0.404 e. The molecule has 78 valence electrons. The van der Waals surface area contributed by atoms with Crippen LogP contribution in [0, 0.1) is 0 Å². The lowest BCUT2D eigenvalue weighted by atomic mass is 10.2. The van der Waals surface area contributed by atoms with Crippen LogP contribution in [-0.2, 0) is 4.79 Å². The molecule has 0 aliphatic heterocycles. The molecule has 0 aromatic heterocycles. The summed E-state index contributed by atoms with van der Waals surface area (Å²) < 4.78 is 36.1. The highest BCUT2D eigenvalue weighted by molar-refractivity contribution is 5.67. The van der Waals surface area contributed by atoms with Crippen molar-refractivity contribution in [1.82, 2.24) is 5.32 Å². The molecule has 1 unspecified atom stereocenters. The van der Waals surface area contributed by atoms with Crippen LogP contribution < -0.4 is 11.1 Å². The van der Waals surface area contributed by atoms with Crippen LogP contribution in [0.5, 0.6) is 0 Å². The van der Waals surface area contributed by atoms with Crippen molar-refractivity contribution in [3.05, 3.63) is 0 Å². The van der Waals surface area contributed by atoms with Gasteiger partial charge in [0.15, 0.2) is 0 Å². The van der Waals surface area contributed by atoms with Gasteiger partial charge in [-0.15, -0.1) is 0 Å². The van der Waals surface area contributed by atoms with Gasteiger partial charge in [0.05, 0.1) is 6.42 Å². The SMILES string of the molecule is NCCNC(CC(=O)O)C(F)(F)F. The minimum absolute atomic E-state index is 0.0339. The van der Waals surface area contributed by atoms with Gasteiger partial charge in [-0.25, -0.2) is 0 Å². The molecule has 0 radical (unpaired) electrons. The minimum atomic E-state index is -4.55. The van der Waals surface area contributed by atoms with Gasteiger partial charge < -0.3 is 16.2 Å². The van der Waals surface area contributed by atoms with E-state index in [1.54, 1.807) is 0 Å². The molecule has 4 N–H and O–H groups in total. The van der Waals surface area contributed by atoms with Crippen LogP contribution in [-0.4, -0.2) is 36.4 Å². The number of alkyl halides is 3. The molecular formula is C6H11F3N2O2. The number of carboxylic acids is 1. The van der Waals surface area contributed by atoms with Crippen molar-refractivity contribution in [1.29, 1.82) is 0 Å². The number of nitrogens with two attached hydrogens (primary N) is 1. The highest BCUT2D eigenvalue weighted by atomic mass is 19.4. The van der Waals surface area contributed by atoms with Gasteiger partial charge in [0, 0.05) is 13.1 Å². The number of rotatable bonds is 5. The van der Waals surface area contributed by atoms with E-state index in [4.69, 9.17) is 10.8 Å². The summed E-state index contributed by atoms with van der Waals surface area (Å²) in [5.41, 5.74) is 4.97. The standard InChI is InChI=1S/C6H11F3N2O2/c7-6(8,9)4(3-5(12)13)11-2-1-10/h4,11H,1-3,10H2,(H,12,13). The molecule has 0 heterocycles. The predicted molar refractivity (Wildman–Crippen MR) is 39.2 cm³/mol. The quantitative estimate of drug-likeness (QED) is 0.581. The van der Waals surface area contributed by atoms with Crippen molar-refractivity contribution in [3.63, 3.8) is 0 Å². The minimum Gasteiger partial charge on any atom is -0.481 e. The number of aliphatic carboxylic acids is 1. The summed E-state index contributed by atoms with van der Waals surface area (Å²) in [5, 5.41) is 10.2. The van der Waals surface area contributed by atoms with E-state index in [1.807, 2.05) is 5.32 Å². The molecule has 0 aromatic carbocycles. The van der Waals surface area contributed by atoms with Crippen LogP contribution in [0.2, 0.25) is 0 Å². The van der Waals surface area contributed by atoms with Gasteiger partial charge in [0.25, 0.3) is 0 Å². The molecule has 0 saturated carbocycles. The second-order valence-electron chi connectivity index (χ2n) is 2.43. The van der Waals surface area contributed by atoms with Gasteiger partial charge in [-0.3, -0.25) is 4.79 Å². The first kappa shape index (κ1) is 12.2. The molecule has 0 bridgehead atoms. The highest BCUT2D eigenvalue weighted by Gasteiger charge is 2.40. The Morgan fingerprint density at radius 3 is 2.38 bits per heavy atom. The number of nitrogens with one attached hydrogen (secondary N) is 1. The predicted octanol–water partition coefficient (Wildman–Crippen LogP) is -0.0597. The zero-order valence-corrected chi connectivity index (χ0v) is 6.77. The first-order valence-electron chi connectivity index (χ1n) is 3.60. The van der Waals surface area contributed by atoms with Crippen molar-refractivity contribution in [2.24, 2.45) is 5.73 Å². The van der Waals surface area contributed by atoms with Crippen LogP contribution in [0.15, 0.2) is 0 Å². The fraction of sp³-hybridized carbons (Fsp3) is 0.833. The average molecular weight is 200 g/mol. The molecule has 0 rings (SSSR count). The van der Waals surface area contributed by atoms with Crippen molar-refractivity contribution in [2.45, 2.75) is 18.6 Å². The molecule has 0 amide bonds. The monoisotopic (exact) mass is 200 g/mol. The molecule has 0 aliphatic carbocycles. The Morgan fingerprint density at radius 2 is 2.08 bits per heavy atom. The first-order chi connectivity index (χ1) is 5.88. The zero-order chi connectivity index (χ0) is 10.5. The third-order valence-electron chi connectivity index (χ3n) is 1.31. The van der Waals surface area contributed by atoms with Gasteiger partial charge >= 0.3 is 12.1 Å². The molecule has 0 fully saturated rings. The molecule has 13 heavy (non-hydrogen) atoms.